The van der Waals surface area contributed by atoms with Crippen LogP contribution < -0.4 is 4.72 Å². The highest BCUT2D eigenvalue weighted by atomic mass is 79.9. The van der Waals surface area contributed by atoms with Gasteiger partial charge >= 0.3 is 0 Å². The molecular weight excluding hydrogens is 397 g/mol. The Morgan fingerprint density at radius 3 is 2.29 bits per heavy atom. The van der Waals surface area contributed by atoms with Crippen LogP contribution in [0.4, 0.5) is 18.9 Å². The molecule has 0 saturated heterocycles. The van der Waals surface area contributed by atoms with Crippen LogP contribution in [0.3, 0.4) is 0 Å². The van der Waals surface area contributed by atoms with Gasteiger partial charge in [-0.3, -0.25) is 4.72 Å². The largest absolute Gasteiger partial charge is 0.279 e. The van der Waals surface area contributed by atoms with E-state index >= 15 is 0 Å². The molecule has 0 aliphatic heterocycles. The smallest absolute Gasteiger partial charge is 0.265 e. The highest BCUT2D eigenvalue weighted by Gasteiger charge is 2.21. The zero-order chi connectivity index (χ0) is 15.8. The molecule has 4 nitrogen and oxygen atoms in total. The summed E-state index contributed by atoms with van der Waals surface area (Å²) in [6.45, 7) is 0. The van der Waals surface area contributed by atoms with Crippen molar-refractivity contribution in [2.75, 3.05) is 4.72 Å². The predicted molar refractivity (Wildman–Crippen MR) is 74.1 cm³/mol. The topological polar surface area (TPSA) is 59.1 Å². The van der Waals surface area contributed by atoms with E-state index in [4.69, 9.17) is 11.6 Å². The molecular formula is C11H5BrClF3N2O2S. The lowest BCUT2D eigenvalue weighted by Crippen LogP contribution is -2.14. The first-order valence-corrected chi connectivity index (χ1v) is 7.84. The van der Waals surface area contributed by atoms with Gasteiger partial charge in [-0.25, -0.2) is 26.6 Å². The maximum Gasteiger partial charge on any atom is 0.265 e. The summed E-state index contributed by atoms with van der Waals surface area (Å²) >= 11 is 8.70. The summed E-state index contributed by atoms with van der Waals surface area (Å²) in [5, 5.41) is -0.325. The molecule has 0 amide bonds. The molecule has 0 fully saturated rings. The summed E-state index contributed by atoms with van der Waals surface area (Å²) in [5.74, 6) is -4.74. The van der Waals surface area contributed by atoms with E-state index in [1.165, 1.54) is 6.20 Å². The number of halogens is 5. The number of pyridine rings is 1. The molecule has 112 valence electrons. The minimum Gasteiger partial charge on any atom is -0.279 e. The molecule has 10 heteroatoms. The van der Waals surface area contributed by atoms with Gasteiger partial charge in [0.1, 0.15) is 10.0 Å². The molecule has 1 aromatic carbocycles. The molecule has 0 aliphatic rings. The first-order chi connectivity index (χ1) is 9.70. The van der Waals surface area contributed by atoms with Crippen molar-refractivity contribution >= 4 is 43.2 Å². The van der Waals surface area contributed by atoms with Gasteiger partial charge in [0.2, 0.25) is 0 Å². The van der Waals surface area contributed by atoms with Gasteiger partial charge < -0.3 is 0 Å². The van der Waals surface area contributed by atoms with Crippen molar-refractivity contribution < 1.29 is 21.6 Å². The molecule has 2 rings (SSSR count). The highest BCUT2D eigenvalue weighted by molar-refractivity contribution is 9.10. The molecule has 1 N–H and O–H groups in total. The summed E-state index contributed by atoms with van der Waals surface area (Å²) in [4.78, 5) is 3.23. The van der Waals surface area contributed by atoms with Gasteiger partial charge in [-0.1, -0.05) is 11.6 Å². The van der Waals surface area contributed by atoms with E-state index in [2.05, 4.69) is 20.9 Å². The van der Waals surface area contributed by atoms with Crippen molar-refractivity contribution in [1.29, 1.82) is 0 Å². The van der Waals surface area contributed by atoms with Gasteiger partial charge in [0.05, 0.1) is 5.69 Å². The Balaban J connectivity index is 2.45. The number of hydrogen-bond donors (Lipinski definition) is 1. The molecule has 2 aromatic rings. The molecule has 0 spiro atoms. The lowest BCUT2D eigenvalue weighted by Gasteiger charge is -2.10. The summed E-state index contributed by atoms with van der Waals surface area (Å²) < 4.78 is 65.4. The monoisotopic (exact) mass is 400 g/mol. The predicted octanol–water partition coefficient (Wildman–Crippen LogP) is 3.72. The standard InChI is InChI=1S/C11H5BrClF3N2O2S/c12-5-1-9(11(13)17-4-5)21(19,20)18-6-2-7(14)10(16)8(15)3-6/h1-4,18H. The van der Waals surface area contributed by atoms with E-state index in [-0.39, 0.29) is 5.15 Å². The number of benzene rings is 1. The molecule has 0 radical (unpaired) electrons. The number of aromatic nitrogens is 1. The summed E-state index contributed by atoms with van der Waals surface area (Å²) in [6.07, 6.45) is 1.28. The van der Waals surface area contributed by atoms with Crippen LogP contribution in [0.2, 0.25) is 5.15 Å². The van der Waals surface area contributed by atoms with Gasteiger partial charge in [0.25, 0.3) is 10.0 Å². The molecule has 1 heterocycles. The quantitative estimate of drug-likeness (QED) is 0.630. The number of anilines is 1. The second-order valence-corrected chi connectivity index (χ2v) is 6.73. The van der Waals surface area contributed by atoms with E-state index in [1.807, 2.05) is 4.72 Å². The van der Waals surface area contributed by atoms with Crippen LogP contribution in [-0.4, -0.2) is 13.4 Å². The number of hydrogen-bond acceptors (Lipinski definition) is 3. The minimum atomic E-state index is -4.24. The molecule has 0 saturated carbocycles. The first kappa shape index (κ1) is 16.1. The van der Waals surface area contributed by atoms with Gasteiger partial charge in [-0.05, 0) is 22.0 Å². The number of sulfonamides is 1. The van der Waals surface area contributed by atoms with E-state index in [0.717, 1.165) is 6.07 Å². The fourth-order valence-corrected chi connectivity index (χ4v) is 3.40. The summed E-state index contributed by atoms with van der Waals surface area (Å²) in [7, 11) is -4.24. The number of nitrogens with one attached hydrogen (secondary N) is 1. The third kappa shape index (κ3) is 3.47. The Kier molecular flexibility index (Phi) is 4.45. The van der Waals surface area contributed by atoms with Crippen molar-refractivity contribution in [3.05, 3.63) is 51.5 Å². The fourth-order valence-electron chi connectivity index (χ4n) is 1.42. The van der Waals surface area contributed by atoms with Gasteiger partial charge in [0.15, 0.2) is 17.5 Å². The SMILES string of the molecule is O=S(=O)(Nc1cc(F)c(F)c(F)c1)c1cc(Br)cnc1Cl. The molecule has 0 unspecified atom stereocenters. The van der Waals surface area contributed by atoms with Crippen LogP contribution in [0.25, 0.3) is 0 Å². The average molecular weight is 402 g/mol. The second-order valence-electron chi connectivity index (χ2n) is 3.80. The Morgan fingerprint density at radius 1 is 1.14 bits per heavy atom. The Labute approximate surface area is 131 Å². The molecule has 21 heavy (non-hydrogen) atoms. The van der Waals surface area contributed by atoms with Crippen molar-refractivity contribution in [3.63, 3.8) is 0 Å². The van der Waals surface area contributed by atoms with Crippen molar-refractivity contribution in [2.24, 2.45) is 0 Å². The zero-order valence-electron chi connectivity index (χ0n) is 9.87. The Hall–Kier alpha value is -1.32. The van der Waals surface area contributed by atoms with Crippen molar-refractivity contribution in [3.8, 4) is 0 Å². The third-order valence-electron chi connectivity index (χ3n) is 2.30. The fraction of sp³-hybridized carbons (Fsp3) is 0. The summed E-state index contributed by atoms with van der Waals surface area (Å²) in [6, 6.07) is 2.18. The normalized spacial score (nSPS) is 11.5. The van der Waals surface area contributed by atoms with Crippen LogP contribution >= 0.6 is 27.5 Å². The Morgan fingerprint density at radius 2 is 1.71 bits per heavy atom. The third-order valence-corrected chi connectivity index (χ3v) is 4.54. The van der Waals surface area contributed by atoms with Gasteiger partial charge in [-0.15, -0.1) is 0 Å². The lowest BCUT2D eigenvalue weighted by molar-refractivity contribution is 0.448. The molecule has 1 aromatic heterocycles. The number of rotatable bonds is 3. The summed E-state index contributed by atoms with van der Waals surface area (Å²) in [5.41, 5.74) is -0.484. The average Bonchev–Trinajstić information content (AvgIpc) is 2.38. The van der Waals surface area contributed by atoms with Gasteiger partial charge in [0, 0.05) is 22.8 Å². The van der Waals surface area contributed by atoms with Crippen LogP contribution in [0, 0.1) is 17.5 Å². The minimum absolute atomic E-state index is 0.325. The van der Waals surface area contributed by atoms with E-state index in [1.54, 1.807) is 0 Å². The molecule has 0 aliphatic carbocycles. The lowest BCUT2D eigenvalue weighted by atomic mass is 10.3. The van der Waals surface area contributed by atoms with Crippen LogP contribution in [0.15, 0.2) is 33.8 Å². The zero-order valence-corrected chi connectivity index (χ0v) is 13.0. The van der Waals surface area contributed by atoms with Crippen LogP contribution in [0.1, 0.15) is 0 Å². The van der Waals surface area contributed by atoms with Crippen molar-refractivity contribution in [1.82, 2.24) is 4.98 Å². The van der Waals surface area contributed by atoms with Crippen molar-refractivity contribution in [2.45, 2.75) is 4.90 Å². The molecule has 0 bridgehead atoms. The Bertz CT molecular complexity index is 794. The van der Waals surface area contributed by atoms with E-state index in [9.17, 15) is 21.6 Å². The maximum atomic E-state index is 13.1. The maximum absolute atomic E-state index is 13.1. The van der Waals surface area contributed by atoms with E-state index < -0.39 is 38.1 Å². The van der Waals surface area contributed by atoms with Gasteiger partial charge in [-0.2, -0.15) is 0 Å². The van der Waals surface area contributed by atoms with Crippen LogP contribution in [0.5, 0.6) is 0 Å². The van der Waals surface area contributed by atoms with E-state index in [0.29, 0.717) is 16.6 Å². The highest BCUT2D eigenvalue weighted by Crippen LogP contribution is 2.26. The van der Waals surface area contributed by atoms with Crippen LogP contribution in [-0.2, 0) is 10.0 Å². The molecule has 0 atom stereocenters. The first-order valence-electron chi connectivity index (χ1n) is 5.19. The number of nitrogens with zero attached hydrogens (tertiary/aromatic N) is 1. The second kappa shape index (κ2) is 5.82.